The number of morpholine rings is 1. The van der Waals surface area contributed by atoms with Crippen molar-refractivity contribution in [2.45, 2.75) is 19.3 Å². The predicted octanol–water partition coefficient (Wildman–Crippen LogP) is -0.0355. The van der Waals surface area contributed by atoms with Gasteiger partial charge in [0.1, 0.15) is 0 Å². The Hall–Kier alpha value is 0.0800. The average molecular weight is 314 g/mol. The van der Waals surface area contributed by atoms with Crippen molar-refractivity contribution in [2.24, 2.45) is 5.92 Å². The maximum atomic E-state index is 12.0. The minimum Gasteiger partial charge on any atom is -0.379 e. The molecule has 2 fully saturated rings. The number of nitrogens with zero attached hydrogens (tertiary/aromatic N) is 1. The summed E-state index contributed by atoms with van der Waals surface area (Å²) < 4.78 is 33.3. The van der Waals surface area contributed by atoms with Crippen molar-refractivity contribution in [1.29, 1.82) is 0 Å². The number of hydrogen-bond donors (Lipinski definition) is 2. The van der Waals surface area contributed by atoms with Gasteiger partial charge in [-0.15, -0.1) is 12.4 Å². The molecule has 0 aromatic carbocycles. The second kappa shape index (κ2) is 8.39. The zero-order valence-electron chi connectivity index (χ0n) is 11.1. The molecular formula is C11H24ClN3O3S. The summed E-state index contributed by atoms with van der Waals surface area (Å²) in [5.41, 5.74) is 0. The third-order valence-corrected chi connectivity index (χ3v) is 5.16. The van der Waals surface area contributed by atoms with Crippen LogP contribution in [0.25, 0.3) is 0 Å². The van der Waals surface area contributed by atoms with Gasteiger partial charge in [-0.25, -0.2) is 4.72 Å². The molecule has 0 aromatic heterocycles. The Bertz CT molecular complexity index is 341. The molecule has 0 amide bonds. The molecule has 0 spiro atoms. The molecule has 0 aliphatic carbocycles. The molecule has 0 saturated carbocycles. The fourth-order valence-electron chi connectivity index (χ4n) is 2.44. The van der Waals surface area contributed by atoms with Crippen molar-refractivity contribution in [3.05, 3.63) is 0 Å². The normalized spacial score (nSPS) is 25.8. The Morgan fingerprint density at radius 3 is 2.68 bits per heavy atom. The topological polar surface area (TPSA) is 70.7 Å². The highest BCUT2D eigenvalue weighted by molar-refractivity contribution is 7.87. The van der Waals surface area contributed by atoms with Crippen LogP contribution >= 0.6 is 12.4 Å². The number of ether oxygens (including phenoxy) is 1. The first kappa shape index (κ1) is 17.1. The molecule has 0 radical (unpaired) electrons. The van der Waals surface area contributed by atoms with E-state index in [1.165, 1.54) is 17.1 Å². The summed E-state index contributed by atoms with van der Waals surface area (Å²) in [5, 5.41) is 3.34. The van der Waals surface area contributed by atoms with Gasteiger partial charge in [0.05, 0.1) is 13.2 Å². The number of rotatable bonds is 5. The summed E-state index contributed by atoms with van der Waals surface area (Å²) in [6.07, 6.45) is 3.31. The van der Waals surface area contributed by atoms with Crippen LogP contribution in [0.5, 0.6) is 0 Å². The van der Waals surface area contributed by atoms with E-state index in [0.29, 0.717) is 38.8 Å². The summed E-state index contributed by atoms with van der Waals surface area (Å²) in [6, 6.07) is 0. The molecule has 1 atom stereocenters. The largest absolute Gasteiger partial charge is 0.379 e. The molecule has 2 rings (SSSR count). The summed E-state index contributed by atoms with van der Waals surface area (Å²) in [6.45, 7) is 4.54. The van der Waals surface area contributed by atoms with E-state index in [1.54, 1.807) is 0 Å². The van der Waals surface area contributed by atoms with Crippen LogP contribution in [0.15, 0.2) is 0 Å². The van der Waals surface area contributed by atoms with E-state index < -0.39 is 10.2 Å². The molecule has 2 N–H and O–H groups in total. The van der Waals surface area contributed by atoms with Gasteiger partial charge in [-0.1, -0.05) is 0 Å². The van der Waals surface area contributed by atoms with Crippen molar-refractivity contribution in [3.63, 3.8) is 0 Å². The van der Waals surface area contributed by atoms with Gasteiger partial charge >= 0.3 is 0 Å². The maximum Gasteiger partial charge on any atom is 0.279 e. The third-order valence-electron chi connectivity index (χ3n) is 3.55. The first-order valence-corrected chi connectivity index (χ1v) is 8.16. The van der Waals surface area contributed by atoms with Gasteiger partial charge in [0.2, 0.25) is 0 Å². The Morgan fingerprint density at radius 2 is 2.05 bits per heavy atom. The van der Waals surface area contributed by atoms with Gasteiger partial charge in [0.15, 0.2) is 0 Å². The van der Waals surface area contributed by atoms with Crippen LogP contribution in [-0.2, 0) is 14.9 Å². The van der Waals surface area contributed by atoms with Crippen molar-refractivity contribution >= 4 is 22.6 Å². The molecule has 2 heterocycles. The molecular weight excluding hydrogens is 290 g/mol. The molecule has 2 aliphatic heterocycles. The molecule has 2 aliphatic rings. The number of nitrogens with one attached hydrogen (secondary N) is 2. The van der Waals surface area contributed by atoms with Crippen molar-refractivity contribution in [1.82, 2.24) is 14.3 Å². The summed E-state index contributed by atoms with van der Waals surface area (Å²) in [5.74, 6) is 0.603. The van der Waals surface area contributed by atoms with Crippen LogP contribution in [0.3, 0.4) is 0 Å². The van der Waals surface area contributed by atoms with E-state index in [0.717, 1.165) is 19.5 Å². The monoisotopic (exact) mass is 313 g/mol. The fraction of sp³-hybridized carbons (Fsp3) is 1.00. The first-order valence-electron chi connectivity index (χ1n) is 6.72. The van der Waals surface area contributed by atoms with Gasteiger partial charge < -0.3 is 10.1 Å². The zero-order chi connectivity index (χ0) is 12.8. The van der Waals surface area contributed by atoms with E-state index in [-0.39, 0.29) is 12.4 Å². The molecule has 2 saturated heterocycles. The highest BCUT2D eigenvalue weighted by atomic mass is 35.5. The van der Waals surface area contributed by atoms with Crippen LogP contribution in [0.4, 0.5) is 0 Å². The number of hydrogen-bond acceptors (Lipinski definition) is 4. The Kier molecular flexibility index (Phi) is 7.56. The minimum atomic E-state index is -3.30. The van der Waals surface area contributed by atoms with E-state index in [2.05, 4.69) is 10.0 Å². The summed E-state index contributed by atoms with van der Waals surface area (Å²) in [4.78, 5) is 0. The fourth-order valence-corrected chi connectivity index (χ4v) is 3.63. The van der Waals surface area contributed by atoms with Crippen molar-refractivity contribution in [2.75, 3.05) is 45.9 Å². The van der Waals surface area contributed by atoms with Crippen LogP contribution in [-0.4, -0.2) is 58.7 Å². The smallest absolute Gasteiger partial charge is 0.279 e. The van der Waals surface area contributed by atoms with Gasteiger partial charge in [-0.05, 0) is 38.3 Å². The molecule has 19 heavy (non-hydrogen) atoms. The molecule has 1 unspecified atom stereocenters. The molecule has 0 bridgehead atoms. The van der Waals surface area contributed by atoms with Crippen LogP contribution in [0, 0.1) is 5.92 Å². The third kappa shape index (κ3) is 5.53. The zero-order valence-corrected chi connectivity index (χ0v) is 12.8. The minimum absolute atomic E-state index is 0. The molecule has 114 valence electrons. The van der Waals surface area contributed by atoms with Crippen LogP contribution in [0.1, 0.15) is 19.3 Å². The maximum absolute atomic E-state index is 12.0. The Labute approximate surface area is 121 Å². The Balaban J connectivity index is 0.00000180. The SMILES string of the molecule is Cl.O=S(=O)(NCCC1CCCNC1)N1CCOCC1. The van der Waals surface area contributed by atoms with E-state index >= 15 is 0 Å². The van der Waals surface area contributed by atoms with Crippen molar-refractivity contribution < 1.29 is 13.2 Å². The lowest BCUT2D eigenvalue weighted by molar-refractivity contribution is 0.0725. The highest BCUT2D eigenvalue weighted by Gasteiger charge is 2.24. The standard InChI is InChI=1S/C11H23N3O3S.ClH/c15-18(16,14-6-8-17-9-7-14)13-5-3-11-2-1-4-12-10-11;/h11-13H,1-10H2;1H. The number of piperidine rings is 1. The summed E-state index contributed by atoms with van der Waals surface area (Å²) >= 11 is 0. The lowest BCUT2D eigenvalue weighted by Gasteiger charge is -2.27. The molecule has 6 nitrogen and oxygen atoms in total. The first-order chi connectivity index (χ1) is 8.68. The van der Waals surface area contributed by atoms with Gasteiger partial charge in [-0.3, -0.25) is 0 Å². The lowest BCUT2D eigenvalue weighted by Crippen LogP contribution is -2.47. The highest BCUT2D eigenvalue weighted by Crippen LogP contribution is 2.13. The van der Waals surface area contributed by atoms with Crippen LogP contribution < -0.4 is 10.0 Å². The van der Waals surface area contributed by atoms with Crippen LogP contribution in [0.2, 0.25) is 0 Å². The van der Waals surface area contributed by atoms with E-state index in [9.17, 15) is 8.42 Å². The average Bonchev–Trinajstić information content (AvgIpc) is 2.41. The van der Waals surface area contributed by atoms with Crippen molar-refractivity contribution in [3.8, 4) is 0 Å². The number of halogens is 1. The Morgan fingerprint density at radius 1 is 1.32 bits per heavy atom. The van der Waals surface area contributed by atoms with Gasteiger partial charge in [-0.2, -0.15) is 12.7 Å². The van der Waals surface area contributed by atoms with E-state index in [4.69, 9.17) is 4.74 Å². The molecule has 8 heteroatoms. The predicted molar refractivity (Wildman–Crippen MR) is 76.8 cm³/mol. The van der Waals surface area contributed by atoms with Gasteiger partial charge in [0, 0.05) is 19.6 Å². The lowest BCUT2D eigenvalue weighted by atomic mass is 9.96. The van der Waals surface area contributed by atoms with E-state index in [1.807, 2.05) is 0 Å². The molecule has 0 aromatic rings. The second-order valence-corrected chi connectivity index (χ2v) is 6.67. The quantitative estimate of drug-likeness (QED) is 0.747. The second-order valence-electron chi connectivity index (χ2n) is 4.91. The van der Waals surface area contributed by atoms with Gasteiger partial charge in [0.25, 0.3) is 10.2 Å². The summed E-state index contributed by atoms with van der Waals surface area (Å²) in [7, 11) is -3.30.